The number of rotatable bonds is 3. The third kappa shape index (κ3) is 2.18. The first kappa shape index (κ1) is 11.8. The average Bonchev–Trinajstić information content (AvgIpc) is 2.96. The Balaban J connectivity index is 1.60. The molecule has 0 saturated carbocycles. The fourth-order valence-corrected chi connectivity index (χ4v) is 2.38. The van der Waals surface area contributed by atoms with Crippen molar-refractivity contribution in [2.45, 2.75) is 6.54 Å². The maximum Gasteiger partial charge on any atom is 0.229 e. The van der Waals surface area contributed by atoms with Crippen molar-refractivity contribution in [3.8, 4) is 0 Å². The van der Waals surface area contributed by atoms with Crippen LogP contribution in [0.2, 0.25) is 0 Å². The van der Waals surface area contributed by atoms with E-state index in [0.29, 0.717) is 6.54 Å². The van der Waals surface area contributed by atoms with Crippen LogP contribution in [0.5, 0.6) is 0 Å². The molecular formula is C16H13N5. The number of nitrogens with zero attached hydrogens (tertiary/aromatic N) is 4. The van der Waals surface area contributed by atoms with Crippen LogP contribution in [0, 0.1) is 0 Å². The lowest BCUT2D eigenvalue weighted by atomic mass is 10.1. The molecule has 3 heterocycles. The predicted molar refractivity (Wildman–Crippen MR) is 82.1 cm³/mol. The van der Waals surface area contributed by atoms with Gasteiger partial charge in [-0.1, -0.05) is 18.2 Å². The summed E-state index contributed by atoms with van der Waals surface area (Å²) in [5, 5.41) is 12.7. The molecule has 4 rings (SSSR count). The second-order valence-corrected chi connectivity index (χ2v) is 4.84. The number of pyridine rings is 2. The summed E-state index contributed by atoms with van der Waals surface area (Å²) in [6.07, 6.45) is 3.75. The smallest absolute Gasteiger partial charge is 0.229 e. The molecule has 0 aliphatic heterocycles. The quantitative estimate of drug-likeness (QED) is 0.624. The van der Waals surface area contributed by atoms with Gasteiger partial charge in [-0.05, 0) is 35.9 Å². The van der Waals surface area contributed by atoms with Crippen LogP contribution >= 0.6 is 0 Å². The van der Waals surface area contributed by atoms with Crippen molar-refractivity contribution in [3.63, 3.8) is 0 Å². The van der Waals surface area contributed by atoms with E-state index >= 15 is 0 Å². The SMILES string of the molecule is c1cnc2ccc(CNc3nnc4ccccn34)cc2c1. The Bertz CT molecular complexity index is 912. The third-order valence-electron chi connectivity index (χ3n) is 3.43. The molecular weight excluding hydrogens is 262 g/mol. The third-order valence-corrected chi connectivity index (χ3v) is 3.43. The molecule has 0 saturated heterocycles. The largest absolute Gasteiger partial charge is 0.350 e. The van der Waals surface area contributed by atoms with Gasteiger partial charge in [-0.15, -0.1) is 10.2 Å². The van der Waals surface area contributed by atoms with Gasteiger partial charge in [0.1, 0.15) is 0 Å². The van der Waals surface area contributed by atoms with Crippen molar-refractivity contribution in [1.82, 2.24) is 19.6 Å². The molecule has 5 heteroatoms. The highest BCUT2D eigenvalue weighted by Crippen LogP contribution is 2.15. The Hall–Kier alpha value is -2.95. The number of anilines is 1. The van der Waals surface area contributed by atoms with E-state index < -0.39 is 0 Å². The number of hydrogen-bond acceptors (Lipinski definition) is 4. The summed E-state index contributed by atoms with van der Waals surface area (Å²) >= 11 is 0. The molecule has 5 nitrogen and oxygen atoms in total. The monoisotopic (exact) mass is 275 g/mol. The van der Waals surface area contributed by atoms with E-state index in [9.17, 15) is 0 Å². The number of benzene rings is 1. The highest BCUT2D eigenvalue weighted by Gasteiger charge is 2.04. The lowest BCUT2D eigenvalue weighted by Crippen LogP contribution is -2.03. The second kappa shape index (κ2) is 4.86. The maximum absolute atomic E-state index is 4.33. The minimum absolute atomic E-state index is 0.695. The normalized spacial score (nSPS) is 11.0. The summed E-state index contributed by atoms with van der Waals surface area (Å²) in [5.41, 5.74) is 3.03. The van der Waals surface area contributed by atoms with E-state index in [0.717, 1.165) is 22.5 Å². The van der Waals surface area contributed by atoms with Crippen LogP contribution in [0.1, 0.15) is 5.56 Å². The van der Waals surface area contributed by atoms with Crippen LogP contribution < -0.4 is 5.32 Å². The van der Waals surface area contributed by atoms with Crippen molar-refractivity contribution < 1.29 is 0 Å². The molecule has 3 aromatic heterocycles. The summed E-state index contributed by atoms with van der Waals surface area (Å²) in [6.45, 7) is 0.695. The van der Waals surface area contributed by atoms with Crippen LogP contribution in [0.25, 0.3) is 16.6 Å². The van der Waals surface area contributed by atoms with Gasteiger partial charge in [-0.2, -0.15) is 0 Å². The number of aromatic nitrogens is 4. The zero-order chi connectivity index (χ0) is 14.1. The van der Waals surface area contributed by atoms with Crippen molar-refractivity contribution in [2.24, 2.45) is 0 Å². The van der Waals surface area contributed by atoms with Gasteiger partial charge in [0.25, 0.3) is 0 Å². The van der Waals surface area contributed by atoms with E-state index in [2.05, 4.69) is 38.7 Å². The summed E-state index contributed by atoms with van der Waals surface area (Å²) in [7, 11) is 0. The van der Waals surface area contributed by atoms with Crippen LogP contribution in [-0.2, 0) is 6.54 Å². The summed E-state index contributed by atoms with van der Waals surface area (Å²) in [4.78, 5) is 4.33. The number of hydrogen-bond donors (Lipinski definition) is 1. The zero-order valence-corrected chi connectivity index (χ0v) is 11.3. The van der Waals surface area contributed by atoms with Gasteiger partial charge < -0.3 is 5.32 Å². The molecule has 1 aromatic carbocycles. The average molecular weight is 275 g/mol. The minimum atomic E-state index is 0.695. The van der Waals surface area contributed by atoms with E-state index in [1.54, 1.807) is 0 Å². The topological polar surface area (TPSA) is 55.1 Å². The number of nitrogens with one attached hydrogen (secondary N) is 1. The number of fused-ring (bicyclic) bond motifs is 2. The molecule has 102 valence electrons. The van der Waals surface area contributed by atoms with Gasteiger partial charge in [0.05, 0.1) is 5.52 Å². The van der Waals surface area contributed by atoms with Crippen molar-refractivity contribution >= 4 is 22.5 Å². The van der Waals surface area contributed by atoms with E-state index in [4.69, 9.17) is 0 Å². The predicted octanol–water partition coefficient (Wildman–Crippen LogP) is 2.89. The Morgan fingerprint density at radius 1 is 1.00 bits per heavy atom. The van der Waals surface area contributed by atoms with Crippen LogP contribution in [-0.4, -0.2) is 19.6 Å². The Morgan fingerprint density at radius 3 is 3.00 bits per heavy atom. The molecule has 4 aromatic rings. The highest BCUT2D eigenvalue weighted by molar-refractivity contribution is 5.78. The lowest BCUT2D eigenvalue weighted by Gasteiger charge is -2.05. The Labute approximate surface area is 121 Å². The molecule has 0 spiro atoms. The molecule has 0 radical (unpaired) electrons. The van der Waals surface area contributed by atoms with Crippen molar-refractivity contribution in [2.75, 3.05) is 5.32 Å². The second-order valence-electron chi connectivity index (χ2n) is 4.84. The first-order valence-electron chi connectivity index (χ1n) is 6.77. The fourth-order valence-electron chi connectivity index (χ4n) is 2.38. The molecule has 0 amide bonds. The van der Waals surface area contributed by atoms with E-state index in [1.165, 1.54) is 5.56 Å². The summed E-state index contributed by atoms with van der Waals surface area (Å²) in [5.74, 6) is 0.747. The van der Waals surface area contributed by atoms with Crippen LogP contribution in [0.15, 0.2) is 60.9 Å². The molecule has 0 fully saturated rings. The molecule has 21 heavy (non-hydrogen) atoms. The molecule has 0 bridgehead atoms. The minimum Gasteiger partial charge on any atom is -0.350 e. The van der Waals surface area contributed by atoms with Gasteiger partial charge in [0, 0.05) is 24.3 Å². The maximum atomic E-state index is 4.33. The van der Waals surface area contributed by atoms with E-state index in [1.807, 2.05) is 47.1 Å². The molecule has 0 atom stereocenters. The Kier molecular flexibility index (Phi) is 2.74. The van der Waals surface area contributed by atoms with Gasteiger partial charge in [0.2, 0.25) is 5.95 Å². The van der Waals surface area contributed by atoms with Gasteiger partial charge in [-0.3, -0.25) is 9.38 Å². The first-order chi connectivity index (χ1) is 10.4. The molecule has 0 unspecified atom stereocenters. The Morgan fingerprint density at radius 2 is 2.00 bits per heavy atom. The summed E-state index contributed by atoms with van der Waals surface area (Å²) < 4.78 is 1.93. The molecule has 1 N–H and O–H groups in total. The van der Waals surface area contributed by atoms with Gasteiger partial charge in [0.15, 0.2) is 5.65 Å². The van der Waals surface area contributed by atoms with Crippen molar-refractivity contribution in [1.29, 1.82) is 0 Å². The first-order valence-corrected chi connectivity index (χ1v) is 6.77. The van der Waals surface area contributed by atoms with Crippen LogP contribution in [0.3, 0.4) is 0 Å². The van der Waals surface area contributed by atoms with Crippen LogP contribution in [0.4, 0.5) is 5.95 Å². The van der Waals surface area contributed by atoms with E-state index in [-0.39, 0.29) is 0 Å². The fraction of sp³-hybridized carbons (Fsp3) is 0.0625. The highest BCUT2D eigenvalue weighted by atomic mass is 15.3. The molecule has 0 aliphatic carbocycles. The zero-order valence-electron chi connectivity index (χ0n) is 11.3. The molecule has 0 aliphatic rings. The lowest BCUT2D eigenvalue weighted by molar-refractivity contribution is 1.03. The van der Waals surface area contributed by atoms with Gasteiger partial charge in [-0.25, -0.2) is 0 Å². The summed E-state index contributed by atoms with van der Waals surface area (Å²) in [6, 6.07) is 16.1. The standard InChI is InChI=1S/C16H13N5/c1-2-9-21-15(5-1)19-20-16(21)18-11-12-6-7-14-13(10-12)4-3-8-17-14/h1-10H,11H2,(H,18,20). The van der Waals surface area contributed by atoms with Gasteiger partial charge >= 0.3 is 0 Å². The van der Waals surface area contributed by atoms with Crippen molar-refractivity contribution in [3.05, 3.63) is 66.5 Å².